The summed E-state index contributed by atoms with van der Waals surface area (Å²) in [7, 11) is 0. The van der Waals surface area contributed by atoms with E-state index in [9.17, 15) is 5.11 Å². The van der Waals surface area contributed by atoms with Gasteiger partial charge >= 0.3 is 0 Å². The maximum absolute atomic E-state index is 9.39. The largest absolute Gasteiger partial charge is 0.390 e. The van der Waals surface area contributed by atoms with Gasteiger partial charge in [0.2, 0.25) is 0 Å². The van der Waals surface area contributed by atoms with Gasteiger partial charge in [0.25, 0.3) is 0 Å². The minimum absolute atomic E-state index is 0.122. The van der Waals surface area contributed by atoms with Crippen molar-refractivity contribution in [3.05, 3.63) is 35.0 Å². The Kier molecular flexibility index (Phi) is 4.56. The molecule has 0 unspecified atom stereocenters. The van der Waals surface area contributed by atoms with Gasteiger partial charge in [-0.1, -0.05) is 42.8 Å². The van der Waals surface area contributed by atoms with Gasteiger partial charge in [0.15, 0.2) is 0 Å². The number of benzene rings is 1. The van der Waals surface area contributed by atoms with E-state index in [1.807, 2.05) is 28.9 Å². The Balaban J connectivity index is 2.38. The van der Waals surface area contributed by atoms with Gasteiger partial charge in [-0.2, -0.15) is 0 Å². The van der Waals surface area contributed by atoms with Crippen LogP contribution in [0.15, 0.2) is 24.3 Å². The molecule has 1 aromatic heterocycles. The molecule has 4 nitrogen and oxygen atoms in total. The molecule has 0 saturated carbocycles. The van der Waals surface area contributed by atoms with E-state index in [4.69, 9.17) is 11.6 Å². The van der Waals surface area contributed by atoms with Crippen LogP contribution in [0.2, 0.25) is 5.02 Å². The highest BCUT2D eigenvalue weighted by atomic mass is 35.5. The Morgan fingerprint density at radius 1 is 1.37 bits per heavy atom. The third-order valence-corrected chi connectivity index (χ3v) is 3.21. The predicted molar refractivity (Wildman–Crippen MR) is 75.8 cm³/mol. The van der Waals surface area contributed by atoms with Crippen LogP contribution in [0.4, 0.5) is 0 Å². The number of nitrogens with zero attached hydrogens (tertiary/aromatic N) is 3. The zero-order valence-corrected chi connectivity index (χ0v) is 11.9. The second-order valence-corrected chi connectivity index (χ2v) is 5.40. The first-order valence-corrected chi connectivity index (χ1v) is 6.78. The van der Waals surface area contributed by atoms with Gasteiger partial charge in [-0.15, -0.1) is 5.10 Å². The third-order valence-electron chi connectivity index (χ3n) is 2.97. The van der Waals surface area contributed by atoms with E-state index in [2.05, 4.69) is 24.2 Å². The van der Waals surface area contributed by atoms with Crippen molar-refractivity contribution >= 4 is 11.6 Å². The van der Waals surface area contributed by atoms with Crippen LogP contribution >= 0.6 is 11.6 Å². The summed E-state index contributed by atoms with van der Waals surface area (Å²) in [4.78, 5) is 0. The lowest BCUT2D eigenvalue weighted by Crippen LogP contribution is -2.05. The van der Waals surface area contributed by atoms with Crippen molar-refractivity contribution in [3.63, 3.8) is 0 Å². The van der Waals surface area contributed by atoms with Crippen molar-refractivity contribution in [2.75, 3.05) is 0 Å². The highest BCUT2D eigenvalue weighted by Gasteiger charge is 2.14. The van der Waals surface area contributed by atoms with Crippen LogP contribution in [0.5, 0.6) is 0 Å². The predicted octanol–water partition coefficient (Wildman–Crippen LogP) is 3.14. The Hall–Kier alpha value is -1.39. The van der Waals surface area contributed by atoms with Crippen molar-refractivity contribution in [3.8, 4) is 11.3 Å². The second-order valence-electron chi connectivity index (χ2n) is 4.96. The molecule has 0 fully saturated rings. The number of aryl methyl sites for hydroxylation is 1. The van der Waals surface area contributed by atoms with Gasteiger partial charge in [0.05, 0.1) is 12.3 Å². The molecule has 19 heavy (non-hydrogen) atoms. The summed E-state index contributed by atoms with van der Waals surface area (Å²) in [6.45, 7) is 5.00. The summed E-state index contributed by atoms with van der Waals surface area (Å²) in [6, 6.07) is 7.53. The van der Waals surface area contributed by atoms with Crippen LogP contribution in [-0.2, 0) is 13.2 Å². The average molecular weight is 280 g/mol. The van der Waals surface area contributed by atoms with Gasteiger partial charge in [-0.3, -0.25) is 0 Å². The van der Waals surface area contributed by atoms with Crippen LogP contribution in [0, 0.1) is 5.92 Å². The number of halogens is 1. The van der Waals surface area contributed by atoms with Crippen molar-refractivity contribution in [1.29, 1.82) is 0 Å². The maximum atomic E-state index is 9.39. The lowest BCUT2D eigenvalue weighted by Gasteiger charge is -2.09. The molecule has 0 saturated heterocycles. The Morgan fingerprint density at radius 3 is 2.79 bits per heavy atom. The molecule has 0 bridgehead atoms. The first kappa shape index (κ1) is 14.0. The molecule has 0 aliphatic rings. The molecule has 1 heterocycles. The number of aromatic nitrogens is 3. The first-order chi connectivity index (χ1) is 9.11. The summed E-state index contributed by atoms with van der Waals surface area (Å²) in [5, 5.41) is 18.2. The minimum Gasteiger partial charge on any atom is -0.390 e. The fraction of sp³-hybridized carbons (Fsp3) is 0.429. The molecule has 0 aliphatic heterocycles. The van der Waals surface area contributed by atoms with E-state index in [1.165, 1.54) is 0 Å². The first-order valence-electron chi connectivity index (χ1n) is 6.41. The van der Waals surface area contributed by atoms with Crippen molar-refractivity contribution in [1.82, 2.24) is 15.0 Å². The molecule has 0 spiro atoms. The summed E-state index contributed by atoms with van der Waals surface area (Å²) >= 11 is 6.02. The van der Waals surface area contributed by atoms with E-state index >= 15 is 0 Å². The molecule has 0 atom stereocenters. The van der Waals surface area contributed by atoms with Crippen LogP contribution < -0.4 is 0 Å². The molecular formula is C14H18ClN3O. The molecule has 1 N–H and O–H groups in total. The topological polar surface area (TPSA) is 50.9 Å². The molecule has 2 aromatic rings. The fourth-order valence-electron chi connectivity index (χ4n) is 1.94. The molecule has 5 heteroatoms. The van der Waals surface area contributed by atoms with Gasteiger partial charge in [-0.05, 0) is 24.5 Å². The molecule has 0 radical (unpaired) electrons. The zero-order valence-electron chi connectivity index (χ0n) is 11.2. The van der Waals surface area contributed by atoms with E-state index in [0.717, 1.165) is 24.2 Å². The quantitative estimate of drug-likeness (QED) is 0.915. The average Bonchev–Trinajstić information content (AvgIpc) is 2.79. The smallest absolute Gasteiger partial charge is 0.116 e. The number of hydrogen-bond donors (Lipinski definition) is 1. The molecule has 102 valence electrons. The van der Waals surface area contributed by atoms with Crippen molar-refractivity contribution in [2.24, 2.45) is 5.92 Å². The summed E-state index contributed by atoms with van der Waals surface area (Å²) in [6.07, 6.45) is 1.02. The summed E-state index contributed by atoms with van der Waals surface area (Å²) in [5.74, 6) is 0.592. The van der Waals surface area contributed by atoms with Gasteiger partial charge in [0.1, 0.15) is 5.69 Å². The van der Waals surface area contributed by atoms with Gasteiger partial charge < -0.3 is 5.11 Å². The van der Waals surface area contributed by atoms with Crippen LogP contribution in [-0.4, -0.2) is 20.1 Å². The van der Waals surface area contributed by atoms with Crippen LogP contribution in [0.1, 0.15) is 26.0 Å². The zero-order chi connectivity index (χ0) is 13.8. The van der Waals surface area contributed by atoms with Crippen LogP contribution in [0.25, 0.3) is 11.3 Å². The maximum Gasteiger partial charge on any atom is 0.116 e. The van der Waals surface area contributed by atoms with E-state index in [0.29, 0.717) is 16.6 Å². The lowest BCUT2D eigenvalue weighted by molar-refractivity contribution is 0.277. The van der Waals surface area contributed by atoms with E-state index in [1.54, 1.807) is 0 Å². The number of aliphatic hydroxyl groups is 1. The minimum atomic E-state index is -0.122. The summed E-state index contributed by atoms with van der Waals surface area (Å²) < 4.78 is 1.84. The van der Waals surface area contributed by atoms with Crippen molar-refractivity contribution < 1.29 is 5.11 Å². The highest BCUT2D eigenvalue weighted by Crippen LogP contribution is 2.25. The fourth-order valence-corrected chi connectivity index (χ4v) is 2.13. The van der Waals surface area contributed by atoms with Gasteiger partial charge in [-0.25, -0.2) is 4.68 Å². The summed E-state index contributed by atoms with van der Waals surface area (Å²) in [5.41, 5.74) is 2.38. The second kappa shape index (κ2) is 6.17. The van der Waals surface area contributed by atoms with Crippen molar-refractivity contribution in [2.45, 2.75) is 33.4 Å². The molecule has 0 aliphatic carbocycles. The third kappa shape index (κ3) is 3.33. The molecule has 2 rings (SSSR count). The number of aliphatic hydroxyl groups excluding tert-OH is 1. The molecular weight excluding hydrogens is 262 g/mol. The SMILES string of the molecule is CC(C)CCn1nnc(CO)c1-c1cccc(Cl)c1. The Bertz CT molecular complexity index is 551. The van der Waals surface area contributed by atoms with Gasteiger partial charge in [0, 0.05) is 17.1 Å². The number of rotatable bonds is 5. The van der Waals surface area contributed by atoms with E-state index in [-0.39, 0.29) is 6.61 Å². The van der Waals surface area contributed by atoms with Crippen LogP contribution in [0.3, 0.4) is 0 Å². The molecule has 1 aromatic carbocycles. The standard InChI is InChI=1S/C14H18ClN3O/c1-10(2)6-7-18-14(13(9-19)16-17-18)11-4-3-5-12(15)8-11/h3-5,8,10,19H,6-7,9H2,1-2H3. The Morgan fingerprint density at radius 2 is 2.16 bits per heavy atom. The molecule has 0 amide bonds. The lowest BCUT2D eigenvalue weighted by atomic mass is 10.1. The number of hydrogen-bond acceptors (Lipinski definition) is 3. The normalized spacial score (nSPS) is 11.2. The Labute approximate surface area is 118 Å². The highest BCUT2D eigenvalue weighted by molar-refractivity contribution is 6.30. The monoisotopic (exact) mass is 279 g/mol. The van der Waals surface area contributed by atoms with E-state index < -0.39 is 0 Å².